The Hall–Kier alpha value is -0.570. The molecule has 1 heterocycles. The van der Waals surface area contributed by atoms with Crippen LogP contribution >= 0.6 is 15.9 Å². The zero-order chi connectivity index (χ0) is 11.3. The van der Waals surface area contributed by atoms with Gasteiger partial charge in [0.1, 0.15) is 5.82 Å². The molecule has 1 aromatic rings. The van der Waals surface area contributed by atoms with Crippen LogP contribution in [-0.2, 0) is 0 Å². The van der Waals surface area contributed by atoms with E-state index in [4.69, 9.17) is 0 Å². The molecule has 0 saturated carbocycles. The van der Waals surface area contributed by atoms with Crippen molar-refractivity contribution in [1.82, 2.24) is 4.98 Å². The van der Waals surface area contributed by atoms with Crippen molar-refractivity contribution in [3.63, 3.8) is 0 Å². The molecule has 0 bridgehead atoms. The van der Waals surface area contributed by atoms with E-state index in [-0.39, 0.29) is 0 Å². The molecule has 1 N–H and O–H groups in total. The molecule has 0 radical (unpaired) electrons. The minimum absolute atomic E-state index is 0.483. The largest absolute Gasteiger partial charge is 0.367 e. The number of nitrogens with zero attached hydrogens (tertiary/aromatic N) is 1. The summed E-state index contributed by atoms with van der Waals surface area (Å²) in [5.41, 5.74) is 1.17. The van der Waals surface area contributed by atoms with E-state index in [9.17, 15) is 0 Å². The fourth-order valence-electron chi connectivity index (χ4n) is 1.46. The van der Waals surface area contributed by atoms with Crippen molar-refractivity contribution in [3.8, 4) is 0 Å². The van der Waals surface area contributed by atoms with Gasteiger partial charge in [-0.25, -0.2) is 4.98 Å². The van der Waals surface area contributed by atoms with Crippen molar-refractivity contribution in [2.45, 2.75) is 46.1 Å². The summed E-state index contributed by atoms with van der Waals surface area (Å²) in [5, 5.41) is 3.41. The SMILES string of the molecule is CCCCC(C)Nc1ncc(C)cc1Br. The number of nitrogens with one attached hydrogen (secondary N) is 1. The first-order valence-electron chi connectivity index (χ1n) is 5.52. The molecule has 1 atom stereocenters. The lowest BCUT2D eigenvalue weighted by Gasteiger charge is -2.15. The second-order valence-corrected chi connectivity index (χ2v) is 4.89. The van der Waals surface area contributed by atoms with Crippen molar-refractivity contribution < 1.29 is 0 Å². The zero-order valence-corrected chi connectivity index (χ0v) is 11.3. The number of aryl methyl sites for hydroxylation is 1. The Balaban J connectivity index is 2.56. The second-order valence-electron chi connectivity index (χ2n) is 4.03. The molecule has 0 fully saturated rings. The maximum Gasteiger partial charge on any atom is 0.140 e. The fraction of sp³-hybridized carbons (Fsp3) is 0.583. The maximum absolute atomic E-state index is 4.37. The second kappa shape index (κ2) is 6.11. The van der Waals surface area contributed by atoms with Gasteiger partial charge in [0, 0.05) is 12.2 Å². The quantitative estimate of drug-likeness (QED) is 0.870. The number of halogens is 1. The van der Waals surface area contributed by atoms with Crippen LogP contribution in [0.2, 0.25) is 0 Å². The molecule has 15 heavy (non-hydrogen) atoms. The summed E-state index contributed by atoms with van der Waals surface area (Å²) >= 11 is 3.52. The van der Waals surface area contributed by atoms with E-state index in [2.05, 4.69) is 46.1 Å². The average molecular weight is 271 g/mol. The van der Waals surface area contributed by atoms with E-state index in [0.29, 0.717) is 6.04 Å². The van der Waals surface area contributed by atoms with Crippen molar-refractivity contribution in [2.75, 3.05) is 5.32 Å². The summed E-state index contributed by atoms with van der Waals surface area (Å²) in [6.07, 6.45) is 5.59. The highest BCUT2D eigenvalue weighted by molar-refractivity contribution is 9.10. The van der Waals surface area contributed by atoms with Gasteiger partial charge in [0.05, 0.1) is 4.47 Å². The van der Waals surface area contributed by atoms with Gasteiger partial charge in [-0.05, 0) is 47.8 Å². The summed E-state index contributed by atoms with van der Waals surface area (Å²) < 4.78 is 1.05. The zero-order valence-electron chi connectivity index (χ0n) is 9.68. The average Bonchev–Trinajstić information content (AvgIpc) is 2.19. The third-order valence-electron chi connectivity index (χ3n) is 2.35. The van der Waals surface area contributed by atoms with Crippen molar-refractivity contribution in [3.05, 3.63) is 22.3 Å². The molecule has 0 saturated heterocycles. The molecule has 0 aliphatic rings. The van der Waals surface area contributed by atoms with Gasteiger partial charge in [0.2, 0.25) is 0 Å². The van der Waals surface area contributed by atoms with Gasteiger partial charge in [-0.15, -0.1) is 0 Å². The van der Waals surface area contributed by atoms with E-state index in [1.807, 2.05) is 13.1 Å². The highest BCUT2D eigenvalue weighted by Gasteiger charge is 2.05. The van der Waals surface area contributed by atoms with Gasteiger partial charge in [-0.1, -0.05) is 19.8 Å². The van der Waals surface area contributed by atoms with E-state index in [1.54, 1.807) is 0 Å². The lowest BCUT2D eigenvalue weighted by molar-refractivity contribution is 0.643. The molecule has 0 aromatic carbocycles. The van der Waals surface area contributed by atoms with E-state index < -0.39 is 0 Å². The van der Waals surface area contributed by atoms with Gasteiger partial charge < -0.3 is 5.32 Å². The van der Waals surface area contributed by atoms with Gasteiger partial charge in [-0.2, -0.15) is 0 Å². The van der Waals surface area contributed by atoms with Crippen molar-refractivity contribution >= 4 is 21.7 Å². The van der Waals surface area contributed by atoms with Crippen LogP contribution in [0.1, 0.15) is 38.7 Å². The number of pyridine rings is 1. The first kappa shape index (κ1) is 12.5. The fourth-order valence-corrected chi connectivity index (χ4v) is 2.03. The Morgan fingerprint density at radius 2 is 2.27 bits per heavy atom. The highest BCUT2D eigenvalue weighted by atomic mass is 79.9. The number of hydrogen-bond acceptors (Lipinski definition) is 2. The van der Waals surface area contributed by atoms with Crippen LogP contribution in [0.15, 0.2) is 16.7 Å². The van der Waals surface area contributed by atoms with Crippen LogP contribution in [0.25, 0.3) is 0 Å². The normalized spacial score (nSPS) is 12.5. The molecular weight excluding hydrogens is 252 g/mol. The molecule has 3 heteroatoms. The first-order chi connectivity index (χ1) is 7.13. The Morgan fingerprint density at radius 1 is 1.53 bits per heavy atom. The summed E-state index contributed by atoms with van der Waals surface area (Å²) in [6, 6.07) is 2.57. The number of unbranched alkanes of at least 4 members (excludes halogenated alkanes) is 1. The number of rotatable bonds is 5. The minimum Gasteiger partial charge on any atom is -0.367 e. The first-order valence-corrected chi connectivity index (χ1v) is 6.31. The Kier molecular flexibility index (Phi) is 5.09. The highest BCUT2D eigenvalue weighted by Crippen LogP contribution is 2.21. The molecule has 0 aliphatic heterocycles. The number of aromatic nitrogens is 1. The van der Waals surface area contributed by atoms with E-state index in [1.165, 1.54) is 24.8 Å². The topological polar surface area (TPSA) is 24.9 Å². The van der Waals surface area contributed by atoms with Crippen LogP contribution in [0.3, 0.4) is 0 Å². The number of hydrogen-bond donors (Lipinski definition) is 1. The Bertz CT molecular complexity index is 312. The molecule has 0 aliphatic carbocycles. The van der Waals surface area contributed by atoms with Crippen LogP contribution in [0, 0.1) is 6.92 Å². The summed E-state index contributed by atoms with van der Waals surface area (Å²) in [5.74, 6) is 0.948. The molecule has 2 nitrogen and oxygen atoms in total. The lowest BCUT2D eigenvalue weighted by atomic mass is 10.1. The third-order valence-corrected chi connectivity index (χ3v) is 2.96. The summed E-state index contributed by atoms with van der Waals surface area (Å²) in [4.78, 5) is 4.37. The van der Waals surface area contributed by atoms with Crippen LogP contribution in [-0.4, -0.2) is 11.0 Å². The molecular formula is C12H19BrN2. The molecule has 0 spiro atoms. The third kappa shape index (κ3) is 4.20. The Labute approximate surface area is 101 Å². The van der Waals surface area contributed by atoms with Crippen molar-refractivity contribution in [2.24, 2.45) is 0 Å². The van der Waals surface area contributed by atoms with E-state index >= 15 is 0 Å². The standard InChI is InChI=1S/C12H19BrN2/c1-4-5-6-10(3)15-12-11(13)7-9(2)8-14-12/h7-8,10H,4-6H2,1-3H3,(H,14,15). The predicted molar refractivity (Wildman–Crippen MR) is 69.3 cm³/mol. The van der Waals surface area contributed by atoms with Gasteiger partial charge in [0.15, 0.2) is 0 Å². The Morgan fingerprint density at radius 3 is 2.87 bits per heavy atom. The van der Waals surface area contributed by atoms with E-state index in [0.717, 1.165) is 10.3 Å². The number of anilines is 1. The molecule has 0 amide bonds. The maximum atomic E-state index is 4.37. The van der Waals surface area contributed by atoms with Gasteiger partial charge >= 0.3 is 0 Å². The molecule has 1 unspecified atom stereocenters. The van der Waals surface area contributed by atoms with Crippen molar-refractivity contribution in [1.29, 1.82) is 0 Å². The predicted octanol–water partition coefficient (Wildman–Crippen LogP) is 4.14. The monoisotopic (exact) mass is 270 g/mol. The summed E-state index contributed by atoms with van der Waals surface area (Å²) in [7, 11) is 0. The molecule has 1 aromatic heterocycles. The van der Waals surface area contributed by atoms with Gasteiger partial charge in [0.25, 0.3) is 0 Å². The van der Waals surface area contributed by atoms with Gasteiger partial charge in [-0.3, -0.25) is 0 Å². The van der Waals surface area contributed by atoms with Crippen LogP contribution in [0.5, 0.6) is 0 Å². The smallest absolute Gasteiger partial charge is 0.140 e. The molecule has 84 valence electrons. The summed E-state index contributed by atoms with van der Waals surface area (Å²) in [6.45, 7) is 6.46. The van der Waals surface area contributed by atoms with Crippen LogP contribution in [0.4, 0.5) is 5.82 Å². The lowest BCUT2D eigenvalue weighted by Crippen LogP contribution is -2.16. The molecule has 1 rings (SSSR count). The minimum atomic E-state index is 0.483. The van der Waals surface area contributed by atoms with Crippen LogP contribution < -0.4 is 5.32 Å².